The van der Waals surface area contributed by atoms with Crippen LogP contribution in [0, 0.1) is 24.7 Å². The average molecular weight is 467 g/mol. The van der Waals surface area contributed by atoms with Gasteiger partial charge in [0, 0.05) is 31.5 Å². The van der Waals surface area contributed by atoms with Crippen molar-refractivity contribution in [3.05, 3.63) is 44.6 Å². The summed E-state index contributed by atoms with van der Waals surface area (Å²) in [5.74, 6) is -1.23. The zero-order valence-electron chi connectivity index (χ0n) is 18.8. The fraction of sp³-hybridized carbons (Fsp3) is 0.273. The summed E-state index contributed by atoms with van der Waals surface area (Å²) in [5.41, 5.74) is 17.2. The van der Waals surface area contributed by atoms with Crippen molar-refractivity contribution < 1.29 is 14.0 Å². The van der Waals surface area contributed by atoms with Crippen LogP contribution in [-0.4, -0.2) is 41.6 Å². The van der Waals surface area contributed by atoms with Crippen LogP contribution in [0.3, 0.4) is 0 Å². The second-order valence-corrected chi connectivity index (χ2v) is 7.80. The third-order valence-electron chi connectivity index (χ3n) is 5.23. The molecule has 0 aromatic heterocycles. The number of nitrogens with zero attached hydrogens (tertiary/aromatic N) is 1. The molecule has 12 nitrogen and oxygen atoms in total. The number of benzene rings is 2. The first kappa shape index (κ1) is 24.2. The maximum Gasteiger partial charge on any atom is 0.255 e. The zero-order valence-corrected chi connectivity index (χ0v) is 18.8. The number of rotatable bonds is 8. The topological polar surface area (TPSA) is 227 Å². The van der Waals surface area contributed by atoms with Gasteiger partial charge in [-0.3, -0.25) is 25.2 Å². The number of amides is 2. The van der Waals surface area contributed by atoms with Gasteiger partial charge in [0.2, 0.25) is 5.43 Å². The highest BCUT2D eigenvalue weighted by molar-refractivity contribution is 6.08. The number of nitrogens with one attached hydrogen (secondary N) is 4. The second-order valence-electron chi connectivity index (χ2n) is 7.80. The first-order chi connectivity index (χ1) is 16.0. The lowest BCUT2D eigenvalue weighted by atomic mass is 9.99. The predicted molar refractivity (Wildman–Crippen MR) is 129 cm³/mol. The van der Waals surface area contributed by atoms with Gasteiger partial charge in [0.25, 0.3) is 11.8 Å². The van der Waals surface area contributed by atoms with E-state index in [2.05, 4.69) is 15.6 Å². The van der Waals surface area contributed by atoms with Crippen LogP contribution >= 0.6 is 0 Å². The van der Waals surface area contributed by atoms with Crippen LogP contribution in [0.4, 0.5) is 5.69 Å². The van der Waals surface area contributed by atoms with Crippen molar-refractivity contribution in [1.29, 1.82) is 10.8 Å². The van der Waals surface area contributed by atoms with E-state index < -0.39 is 17.2 Å². The minimum Gasteiger partial charge on any atom is -0.452 e. The van der Waals surface area contributed by atoms with Crippen molar-refractivity contribution in [2.24, 2.45) is 11.5 Å². The van der Waals surface area contributed by atoms with E-state index in [9.17, 15) is 14.4 Å². The molecule has 0 bridgehead atoms. The molecule has 0 atom stereocenters. The van der Waals surface area contributed by atoms with Crippen molar-refractivity contribution in [2.45, 2.75) is 26.7 Å². The summed E-state index contributed by atoms with van der Waals surface area (Å²) in [7, 11) is 0. The number of fused-ring (bicyclic) bond motifs is 2. The van der Waals surface area contributed by atoms with Crippen LogP contribution in [0.1, 0.15) is 44.7 Å². The highest BCUT2D eigenvalue weighted by Gasteiger charge is 2.28. The molecule has 0 saturated carbocycles. The van der Waals surface area contributed by atoms with Gasteiger partial charge in [-0.1, -0.05) is 6.07 Å². The zero-order chi connectivity index (χ0) is 25.2. The molecule has 178 valence electrons. The molecule has 1 heterocycles. The maximum absolute atomic E-state index is 12.9. The third kappa shape index (κ3) is 4.65. The molecule has 0 unspecified atom stereocenters. The molecule has 0 saturated heterocycles. The molecule has 1 aliphatic heterocycles. The average Bonchev–Trinajstić information content (AvgIpc) is 2.76. The Morgan fingerprint density at radius 1 is 1.03 bits per heavy atom. The number of hydrogen-bond acceptors (Lipinski definition) is 8. The summed E-state index contributed by atoms with van der Waals surface area (Å²) >= 11 is 0. The number of carbonyl (C=O) groups excluding carboxylic acids is 2. The van der Waals surface area contributed by atoms with E-state index in [4.69, 9.17) is 32.4 Å². The number of nitrogen functional groups attached to an aromatic ring is 1. The monoisotopic (exact) mass is 466 g/mol. The minimum atomic E-state index is -0.678. The SMILES string of the molecule is Cc1c2oc3c(C)ccc(C(=O)NCCC(=N)N)c3nc-2c(C(=O)NCCC(=N)N)c(N)c1=O. The number of nitrogens with two attached hydrogens (primary N) is 3. The summed E-state index contributed by atoms with van der Waals surface area (Å²) in [4.78, 5) is 43.0. The molecule has 1 aromatic rings. The number of anilines is 1. The highest BCUT2D eigenvalue weighted by atomic mass is 16.3. The van der Waals surface area contributed by atoms with E-state index in [0.29, 0.717) is 5.56 Å². The van der Waals surface area contributed by atoms with E-state index in [1.807, 2.05) is 0 Å². The first-order valence-electron chi connectivity index (χ1n) is 10.4. The van der Waals surface area contributed by atoms with Crippen molar-refractivity contribution >= 4 is 40.3 Å². The Balaban J connectivity index is 2.21. The highest BCUT2D eigenvalue weighted by Crippen LogP contribution is 2.34. The number of amidine groups is 2. The summed E-state index contributed by atoms with van der Waals surface area (Å²) in [5, 5.41) is 19.8. The normalized spacial score (nSPS) is 10.9. The fourth-order valence-electron chi connectivity index (χ4n) is 3.41. The van der Waals surface area contributed by atoms with Gasteiger partial charge >= 0.3 is 0 Å². The summed E-state index contributed by atoms with van der Waals surface area (Å²) in [6.45, 7) is 3.49. The van der Waals surface area contributed by atoms with Crippen molar-refractivity contribution in [3.8, 4) is 11.5 Å². The van der Waals surface area contributed by atoms with Gasteiger partial charge < -0.3 is 32.3 Å². The van der Waals surface area contributed by atoms with Gasteiger partial charge in [-0.15, -0.1) is 0 Å². The molecule has 34 heavy (non-hydrogen) atoms. The Morgan fingerprint density at radius 2 is 1.62 bits per heavy atom. The van der Waals surface area contributed by atoms with Crippen LogP contribution in [0.5, 0.6) is 0 Å². The number of aryl methyl sites for hydroxylation is 1. The summed E-state index contributed by atoms with van der Waals surface area (Å²) in [6, 6.07) is 3.25. The van der Waals surface area contributed by atoms with Gasteiger partial charge in [0.05, 0.1) is 28.5 Å². The van der Waals surface area contributed by atoms with Crippen LogP contribution < -0.4 is 33.3 Å². The van der Waals surface area contributed by atoms with Gasteiger partial charge in [-0.05, 0) is 25.5 Å². The lowest BCUT2D eigenvalue weighted by molar-refractivity contribution is 0.0948. The number of aromatic nitrogens is 1. The lowest BCUT2D eigenvalue weighted by Gasteiger charge is -2.17. The standard InChI is InChI=1S/C22H26N8O4/c1-9-3-4-11(21(32)28-7-5-12(23)24)16-19(9)34-20-10(2)18(31)15(27)14(17(20)30-16)22(33)29-8-6-13(25)26/h3-4H,5-8,27H2,1-2H3,(H3,23,24)(H3,25,26)(H,28,32)(H,29,33). The molecule has 0 fully saturated rings. The van der Waals surface area contributed by atoms with Crippen LogP contribution in [0.15, 0.2) is 21.3 Å². The molecule has 2 aliphatic rings. The van der Waals surface area contributed by atoms with E-state index in [1.54, 1.807) is 19.1 Å². The Morgan fingerprint density at radius 3 is 2.21 bits per heavy atom. The summed E-state index contributed by atoms with van der Waals surface area (Å²) in [6.07, 6.45) is 0.299. The second kappa shape index (κ2) is 9.57. The van der Waals surface area contributed by atoms with Gasteiger partial charge in [0.1, 0.15) is 11.2 Å². The molecule has 0 radical (unpaired) electrons. The first-order valence-corrected chi connectivity index (χ1v) is 10.4. The van der Waals surface area contributed by atoms with Crippen molar-refractivity contribution in [2.75, 3.05) is 18.8 Å². The third-order valence-corrected chi connectivity index (χ3v) is 5.23. The van der Waals surface area contributed by atoms with Crippen LogP contribution in [-0.2, 0) is 0 Å². The van der Waals surface area contributed by atoms with Crippen molar-refractivity contribution in [1.82, 2.24) is 15.6 Å². The quantitative estimate of drug-likeness (QED) is 0.107. The Labute approximate surface area is 194 Å². The number of hydrogen-bond donors (Lipinski definition) is 7. The molecule has 1 aromatic carbocycles. The summed E-state index contributed by atoms with van der Waals surface area (Å²) < 4.78 is 6.02. The van der Waals surface area contributed by atoms with E-state index >= 15 is 0 Å². The predicted octanol–water partition coefficient (Wildman–Crippen LogP) is 0.604. The number of carbonyl (C=O) groups is 2. The Kier molecular flexibility index (Phi) is 6.80. The molecule has 0 spiro atoms. The minimum absolute atomic E-state index is 0.0332. The van der Waals surface area contributed by atoms with Gasteiger partial charge in [-0.2, -0.15) is 0 Å². The fourth-order valence-corrected chi connectivity index (χ4v) is 3.41. The van der Waals surface area contributed by atoms with E-state index in [1.165, 1.54) is 6.92 Å². The van der Waals surface area contributed by atoms with Gasteiger partial charge in [-0.25, -0.2) is 4.98 Å². The maximum atomic E-state index is 12.9. The molecule has 10 N–H and O–H groups in total. The molecule has 2 amide bonds. The Bertz CT molecular complexity index is 1360. The Hall–Kier alpha value is -4.48. The largest absolute Gasteiger partial charge is 0.452 e. The van der Waals surface area contributed by atoms with Crippen molar-refractivity contribution in [3.63, 3.8) is 0 Å². The van der Waals surface area contributed by atoms with E-state index in [0.717, 1.165) is 0 Å². The molecule has 3 rings (SSSR count). The molecular weight excluding hydrogens is 440 g/mol. The van der Waals surface area contributed by atoms with Crippen LogP contribution in [0.2, 0.25) is 0 Å². The smallest absolute Gasteiger partial charge is 0.255 e. The van der Waals surface area contributed by atoms with Crippen LogP contribution in [0.25, 0.3) is 22.6 Å². The molecule has 1 aliphatic carbocycles. The molecular formula is C22H26N8O4. The van der Waals surface area contributed by atoms with Gasteiger partial charge in [0.15, 0.2) is 11.3 Å². The molecule has 12 heteroatoms. The lowest BCUT2D eigenvalue weighted by Crippen LogP contribution is -2.31. The van der Waals surface area contributed by atoms with E-state index in [-0.39, 0.29) is 82.5 Å².